The van der Waals surface area contributed by atoms with Gasteiger partial charge in [0.25, 0.3) is 0 Å². The van der Waals surface area contributed by atoms with Crippen LogP contribution >= 0.6 is 0 Å². The highest BCUT2D eigenvalue weighted by atomic mass is 19.1. The van der Waals surface area contributed by atoms with E-state index in [1.807, 2.05) is 7.05 Å². The molecular weight excluding hydrogens is 229 g/mol. The molecule has 1 saturated carbocycles. The summed E-state index contributed by atoms with van der Waals surface area (Å²) in [6, 6.07) is 4.87. The van der Waals surface area contributed by atoms with Gasteiger partial charge in [0.15, 0.2) is 0 Å². The van der Waals surface area contributed by atoms with Gasteiger partial charge in [0.1, 0.15) is 11.6 Å². The number of hydrogen-bond donors (Lipinski definition) is 1. The van der Waals surface area contributed by atoms with Crippen molar-refractivity contribution in [1.29, 1.82) is 0 Å². The second-order valence-corrected chi connectivity index (χ2v) is 5.22. The Morgan fingerprint density at radius 3 is 2.61 bits per heavy atom. The molecule has 18 heavy (non-hydrogen) atoms. The van der Waals surface area contributed by atoms with Crippen molar-refractivity contribution in [1.82, 2.24) is 5.32 Å². The highest BCUT2D eigenvalue weighted by molar-refractivity contribution is 5.41. The molecule has 0 heterocycles. The molecule has 1 aliphatic carbocycles. The molecule has 1 aromatic rings. The van der Waals surface area contributed by atoms with Gasteiger partial charge in [-0.05, 0) is 38.1 Å². The highest BCUT2D eigenvalue weighted by Gasteiger charge is 2.35. The Hall–Kier alpha value is -1.09. The lowest BCUT2D eigenvalue weighted by molar-refractivity contribution is 0.274. The van der Waals surface area contributed by atoms with Crippen molar-refractivity contribution in [2.75, 3.05) is 20.7 Å². The summed E-state index contributed by atoms with van der Waals surface area (Å²) in [5, 5.41) is 3.27. The van der Waals surface area contributed by atoms with E-state index in [9.17, 15) is 4.39 Å². The summed E-state index contributed by atoms with van der Waals surface area (Å²) in [4.78, 5) is 0. The van der Waals surface area contributed by atoms with Crippen molar-refractivity contribution < 1.29 is 9.13 Å². The number of methoxy groups -OCH3 is 1. The van der Waals surface area contributed by atoms with Crippen LogP contribution in [0.1, 0.15) is 37.7 Å². The fraction of sp³-hybridized carbons (Fsp3) is 0.600. The van der Waals surface area contributed by atoms with Gasteiger partial charge in [-0.2, -0.15) is 0 Å². The lowest BCUT2D eigenvalue weighted by Crippen LogP contribution is -2.39. The summed E-state index contributed by atoms with van der Waals surface area (Å²) in [6.45, 7) is 0.882. The number of likely N-dealkylation sites (N-methyl/N-ethyl adjacent to an activating group) is 1. The van der Waals surface area contributed by atoms with E-state index in [1.165, 1.54) is 25.3 Å². The summed E-state index contributed by atoms with van der Waals surface area (Å²) in [7, 11) is 3.62. The third kappa shape index (κ3) is 2.51. The standard InChI is InChI=1S/C15H22FNO/c1-17-11-15(8-4-3-5-9-15)13-10-12(16)6-7-14(13)18-2/h6-7,10,17H,3-5,8-9,11H2,1-2H3. The summed E-state index contributed by atoms with van der Waals surface area (Å²) in [5.74, 6) is 0.639. The van der Waals surface area contributed by atoms with E-state index in [-0.39, 0.29) is 11.2 Å². The summed E-state index contributed by atoms with van der Waals surface area (Å²) in [6.07, 6.45) is 5.91. The van der Waals surface area contributed by atoms with E-state index in [0.717, 1.165) is 30.7 Å². The quantitative estimate of drug-likeness (QED) is 0.887. The first kappa shape index (κ1) is 13.3. The SMILES string of the molecule is CNCC1(c2cc(F)ccc2OC)CCCCC1. The molecule has 0 unspecified atom stereocenters. The molecule has 0 spiro atoms. The van der Waals surface area contributed by atoms with E-state index in [0.29, 0.717) is 0 Å². The van der Waals surface area contributed by atoms with Crippen molar-refractivity contribution in [3.63, 3.8) is 0 Å². The predicted molar refractivity (Wildman–Crippen MR) is 71.6 cm³/mol. The van der Waals surface area contributed by atoms with Crippen LogP contribution in [-0.4, -0.2) is 20.7 Å². The van der Waals surface area contributed by atoms with Crippen molar-refractivity contribution in [3.8, 4) is 5.75 Å². The maximum atomic E-state index is 13.6. The molecule has 0 aromatic heterocycles. The first-order valence-electron chi connectivity index (χ1n) is 6.70. The Bertz CT molecular complexity index is 394. The number of ether oxygens (including phenoxy) is 1. The second-order valence-electron chi connectivity index (χ2n) is 5.22. The van der Waals surface area contributed by atoms with Crippen LogP contribution in [0, 0.1) is 5.82 Å². The Labute approximate surface area is 109 Å². The molecule has 0 atom stereocenters. The Morgan fingerprint density at radius 2 is 2.00 bits per heavy atom. The number of rotatable bonds is 4. The number of benzene rings is 1. The predicted octanol–water partition coefficient (Wildman–Crippen LogP) is 3.26. The van der Waals surface area contributed by atoms with Crippen molar-refractivity contribution in [2.24, 2.45) is 0 Å². The average Bonchev–Trinajstić information content (AvgIpc) is 2.40. The fourth-order valence-corrected chi connectivity index (χ4v) is 3.20. The third-order valence-electron chi connectivity index (χ3n) is 4.06. The molecule has 1 aliphatic rings. The van der Waals surface area contributed by atoms with Gasteiger partial charge in [-0.15, -0.1) is 0 Å². The molecule has 1 fully saturated rings. The van der Waals surface area contributed by atoms with Crippen LogP contribution in [0.3, 0.4) is 0 Å². The van der Waals surface area contributed by atoms with Gasteiger partial charge in [-0.25, -0.2) is 4.39 Å². The van der Waals surface area contributed by atoms with Crippen LogP contribution in [0.4, 0.5) is 4.39 Å². The van der Waals surface area contributed by atoms with Gasteiger partial charge in [0.05, 0.1) is 7.11 Å². The van der Waals surface area contributed by atoms with Crippen molar-refractivity contribution >= 4 is 0 Å². The van der Waals surface area contributed by atoms with Crippen LogP contribution in [-0.2, 0) is 5.41 Å². The molecule has 0 aliphatic heterocycles. The van der Waals surface area contributed by atoms with Crippen molar-refractivity contribution in [3.05, 3.63) is 29.6 Å². The molecule has 1 N–H and O–H groups in total. The average molecular weight is 251 g/mol. The summed E-state index contributed by atoms with van der Waals surface area (Å²) >= 11 is 0. The van der Waals surface area contributed by atoms with E-state index in [4.69, 9.17) is 4.74 Å². The zero-order valence-electron chi connectivity index (χ0n) is 11.3. The lowest BCUT2D eigenvalue weighted by atomic mass is 9.69. The van der Waals surface area contributed by atoms with Gasteiger partial charge in [-0.1, -0.05) is 19.3 Å². The number of hydrogen-bond acceptors (Lipinski definition) is 2. The normalized spacial score (nSPS) is 18.6. The van der Waals surface area contributed by atoms with Gasteiger partial charge < -0.3 is 10.1 Å². The third-order valence-corrected chi connectivity index (χ3v) is 4.06. The summed E-state index contributed by atoms with van der Waals surface area (Å²) in [5.41, 5.74) is 1.06. The van der Waals surface area contributed by atoms with Crippen molar-refractivity contribution in [2.45, 2.75) is 37.5 Å². The van der Waals surface area contributed by atoms with E-state index < -0.39 is 0 Å². The van der Waals surface area contributed by atoms with Gasteiger partial charge in [-0.3, -0.25) is 0 Å². The largest absolute Gasteiger partial charge is 0.496 e. The molecule has 3 heteroatoms. The van der Waals surface area contributed by atoms with Crippen LogP contribution in [0.5, 0.6) is 5.75 Å². The second kappa shape index (κ2) is 5.70. The molecular formula is C15H22FNO. The molecule has 0 amide bonds. The molecule has 1 aromatic carbocycles. The van der Waals surface area contributed by atoms with E-state index in [2.05, 4.69) is 5.32 Å². The molecule has 100 valence electrons. The van der Waals surface area contributed by atoms with E-state index in [1.54, 1.807) is 19.2 Å². The van der Waals surface area contributed by atoms with Crippen LogP contribution in [0.2, 0.25) is 0 Å². The topological polar surface area (TPSA) is 21.3 Å². The maximum absolute atomic E-state index is 13.6. The molecule has 0 radical (unpaired) electrons. The minimum Gasteiger partial charge on any atom is -0.496 e. The van der Waals surface area contributed by atoms with Gasteiger partial charge in [0, 0.05) is 17.5 Å². The number of halogens is 1. The maximum Gasteiger partial charge on any atom is 0.123 e. The summed E-state index contributed by atoms with van der Waals surface area (Å²) < 4.78 is 19.0. The fourth-order valence-electron chi connectivity index (χ4n) is 3.20. The zero-order chi connectivity index (χ0) is 13.0. The van der Waals surface area contributed by atoms with Crippen LogP contribution in [0.25, 0.3) is 0 Å². The Kier molecular flexibility index (Phi) is 4.23. The van der Waals surface area contributed by atoms with E-state index >= 15 is 0 Å². The molecule has 0 bridgehead atoms. The van der Waals surface area contributed by atoms with Crippen LogP contribution in [0.15, 0.2) is 18.2 Å². The lowest BCUT2D eigenvalue weighted by Gasteiger charge is -2.38. The molecule has 0 saturated heterocycles. The van der Waals surface area contributed by atoms with Gasteiger partial charge >= 0.3 is 0 Å². The first-order valence-corrected chi connectivity index (χ1v) is 6.70. The Balaban J connectivity index is 2.43. The zero-order valence-corrected chi connectivity index (χ0v) is 11.3. The number of nitrogens with one attached hydrogen (secondary N) is 1. The monoisotopic (exact) mass is 251 g/mol. The Morgan fingerprint density at radius 1 is 1.28 bits per heavy atom. The minimum absolute atomic E-state index is 0.0282. The first-order chi connectivity index (χ1) is 8.72. The molecule has 2 rings (SSSR count). The van der Waals surface area contributed by atoms with Gasteiger partial charge in [0.2, 0.25) is 0 Å². The molecule has 2 nitrogen and oxygen atoms in total. The minimum atomic E-state index is -0.174. The highest BCUT2D eigenvalue weighted by Crippen LogP contribution is 2.43. The smallest absolute Gasteiger partial charge is 0.123 e. The van der Waals surface area contributed by atoms with Crippen LogP contribution < -0.4 is 10.1 Å².